The molecule has 0 N–H and O–H groups in total. The topological polar surface area (TPSA) is 46.3 Å². The highest BCUT2D eigenvalue weighted by molar-refractivity contribution is 5.54. The molecule has 1 saturated heterocycles. The molecule has 0 spiro atoms. The fraction of sp³-hybridized carbons (Fsp3) is 0.389. The molecule has 0 radical (unpaired) electrons. The summed E-state index contributed by atoms with van der Waals surface area (Å²) in [6.45, 7) is 8.33. The smallest absolute Gasteiger partial charge is 0.157 e. The van der Waals surface area contributed by atoms with Crippen molar-refractivity contribution in [2.75, 3.05) is 18.0 Å². The van der Waals surface area contributed by atoms with Gasteiger partial charge in [0.1, 0.15) is 5.82 Å². The van der Waals surface area contributed by atoms with Gasteiger partial charge in [-0.05, 0) is 25.0 Å². The van der Waals surface area contributed by atoms with E-state index < -0.39 is 0 Å². The average Bonchev–Trinajstić information content (AvgIpc) is 2.87. The summed E-state index contributed by atoms with van der Waals surface area (Å²) in [6, 6.07) is 10.4. The Balaban J connectivity index is 1.67. The van der Waals surface area contributed by atoms with Crippen molar-refractivity contribution in [2.45, 2.75) is 32.6 Å². The van der Waals surface area contributed by atoms with E-state index in [1.165, 1.54) is 5.69 Å². The Bertz CT molecular complexity index is 831. The van der Waals surface area contributed by atoms with E-state index in [1.807, 2.05) is 29.8 Å². The van der Waals surface area contributed by atoms with Gasteiger partial charge in [0.25, 0.3) is 0 Å². The predicted molar refractivity (Wildman–Crippen MR) is 91.0 cm³/mol. The Kier molecular flexibility index (Phi) is 3.29. The van der Waals surface area contributed by atoms with Gasteiger partial charge in [-0.1, -0.05) is 19.9 Å². The van der Waals surface area contributed by atoms with Gasteiger partial charge in [-0.25, -0.2) is 4.98 Å². The van der Waals surface area contributed by atoms with E-state index in [1.54, 1.807) is 0 Å². The summed E-state index contributed by atoms with van der Waals surface area (Å²) in [5.74, 6) is 2.04. The van der Waals surface area contributed by atoms with Crippen molar-refractivity contribution in [2.24, 2.45) is 0 Å². The number of aryl methyl sites for hydroxylation is 1. The minimum absolute atomic E-state index is 0.404. The Labute approximate surface area is 136 Å². The van der Waals surface area contributed by atoms with Crippen molar-refractivity contribution in [3.05, 3.63) is 53.6 Å². The van der Waals surface area contributed by atoms with E-state index in [0.29, 0.717) is 11.8 Å². The molecule has 0 aromatic carbocycles. The lowest BCUT2D eigenvalue weighted by atomic mass is 9.95. The summed E-state index contributed by atoms with van der Waals surface area (Å²) in [5.41, 5.74) is 4.23. The van der Waals surface area contributed by atoms with Gasteiger partial charge in [-0.3, -0.25) is 4.98 Å². The van der Waals surface area contributed by atoms with Crippen molar-refractivity contribution in [1.29, 1.82) is 0 Å². The van der Waals surface area contributed by atoms with Crippen molar-refractivity contribution in [3.8, 4) is 0 Å². The molecule has 4 rings (SSSR count). The number of fused-ring (bicyclic) bond motifs is 1. The lowest BCUT2D eigenvalue weighted by Crippen LogP contribution is -2.46. The molecule has 1 fully saturated rings. The summed E-state index contributed by atoms with van der Waals surface area (Å²) >= 11 is 0. The molecule has 0 amide bonds. The van der Waals surface area contributed by atoms with Crippen LogP contribution in [-0.4, -0.2) is 32.7 Å². The van der Waals surface area contributed by atoms with Crippen LogP contribution >= 0.6 is 0 Å². The highest BCUT2D eigenvalue weighted by Crippen LogP contribution is 2.32. The number of rotatable bonds is 3. The standard InChI is InChI=1S/C18H21N5/c1-12(2)16-9-18(23-17(20-16)8-13(3)21-23)22-10-14(11-22)15-6-4-5-7-19-15/h4-9,12,14H,10-11H2,1-3H3. The van der Waals surface area contributed by atoms with E-state index in [2.05, 4.69) is 47.0 Å². The van der Waals surface area contributed by atoms with Gasteiger partial charge in [0, 0.05) is 48.7 Å². The van der Waals surface area contributed by atoms with Gasteiger partial charge in [-0.2, -0.15) is 9.61 Å². The van der Waals surface area contributed by atoms with Crippen molar-refractivity contribution >= 4 is 11.5 Å². The first kappa shape index (κ1) is 14.2. The Morgan fingerprint density at radius 1 is 1.17 bits per heavy atom. The Hall–Kier alpha value is -2.43. The second-order valence-corrected chi connectivity index (χ2v) is 6.61. The highest BCUT2D eigenvalue weighted by Gasteiger charge is 2.31. The first-order valence-electron chi connectivity index (χ1n) is 8.15. The summed E-state index contributed by atoms with van der Waals surface area (Å²) < 4.78 is 1.97. The van der Waals surface area contributed by atoms with Crippen molar-refractivity contribution < 1.29 is 0 Å². The first-order valence-corrected chi connectivity index (χ1v) is 8.15. The van der Waals surface area contributed by atoms with E-state index >= 15 is 0 Å². The molecule has 5 nitrogen and oxygen atoms in total. The van der Waals surface area contributed by atoms with Gasteiger partial charge >= 0.3 is 0 Å². The second kappa shape index (κ2) is 5.33. The van der Waals surface area contributed by atoms with E-state index in [0.717, 1.165) is 35.9 Å². The van der Waals surface area contributed by atoms with Crippen LogP contribution in [0.1, 0.15) is 42.8 Å². The number of hydrogen-bond donors (Lipinski definition) is 0. The molecule has 3 aromatic rings. The van der Waals surface area contributed by atoms with Crippen molar-refractivity contribution in [1.82, 2.24) is 19.6 Å². The summed E-state index contributed by atoms with van der Waals surface area (Å²) in [7, 11) is 0. The van der Waals surface area contributed by atoms with Gasteiger partial charge in [0.05, 0.1) is 5.69 Å². The summed E-state index contributed by atoms with van der Waals surface area (Å²) in [5, 5.41) is 4.61. The van der Waals surface area contributed by atoms with Crippen LogP contribution in [-0.2, 0) is 0 Å². The molecule has 118 valence electrons. The zero-order valence-electron chi connectivity index (χ0n) is 13.8. The number of aromatic nitrogens is 4. The van der Waals surface area contributed by atoms with Crippen LogP contribution in [0.5, 0.6) is 0 Å². The maximum absolute atomic E-state index is 4.74. The Morgan fingerprint density at radius 3 is 2.70 bits per heavy atom. The second-order valence-electron chi connectivity index (χ2n) is 6.61. The van der Waals surface area contributed by atoms with Crippen LogP contribution in [0.25, 0.3) is 5.65 Å². The van der Waals surface area contributed by atoms with E-state index in [-0.39, 0.29) is 0 Å². The van der Waals surface area contributed by atoms with Crippen LogP contribution in [0.15, 0.2) is 36.5 Å². The van der Waals surface area contributed by atoms with Crippen LogP contribution in [0, 0.1) is 6.92 Å². The minimum atomic E-state index is 0.404. The molecule has 0 aliphatic carbocycles. The largest absolute Gasteiger partial charge is 0.355 e. The molecule has 3 aromatic heterocycles. The van der Waals surface area contributed by atoms with Gasteiger partial charge in [0.2, 0.25) is 0 Å². The Morgan fingerprint density at radius 2 is 2.00 bits per heavy atom. The minimum Gasteiger partial charge on any atom is -0.355 e. The fourth-order valence-corrected chi connectivity index (χ4v) is 3.08. The number of anilines is 1. The maximum atomic E-state index is 4.74. The third kappa shape index (κ3) is 2.46. The molecule has 0 atom stereocenters. The average molecular weight is 307 g/mol. The maximum Gasteiger partial charge on any atom is 0.157 e. The number of hydrogen-bond acceptors (Lipinski definition) is 4. The van der Waals surface area contributed by atoms with E-state index in [4.69, 9.17) is 4.98 Å². The van der Waals surface area contributed by atoms with Crippen LogP contribution in [0.4, 0.5) is 5.82 Å². The molecule has 0 unspecified atom stereocenters. The highest BCUT2D eigenvalue weighted by atomic mass is 15.4. The zero-order chi connectivity index (χ0) is 16.0. The molecule has 0 saturated carbocycles. The molecule has 0 bridgehead atoms. The lowest BCUT2D eigenvalue weighted by molar-refractivity contribution is 0.503. The first-order chi connectivity index (χ1) is 11.1. The summed E-state index contributed by atoms with van der Waals surface area (Å²) in [6.07, 6.45) is 1.87. The molecule has 4 heterocycles. The molecular weight excluding hydrogens is 286 g/mol. The van der Waals surface area contributed by atoms with Crippen LogP contribution < -0.4 is 4.90 Å². The zero-order valence-corrected chi connectivity index (χ0v) is 13.8. The molecular formula is C18H21N5. The third-order valence-corrected chi connectivity index (χ3v) is 4.45. The van der Waals surface area contributed by atoms with Gasteiger partial charge in [0.15, 0.2) is 5.65 Å². The van der Waals surface area contributed by atoms with Crippen LogP contribution in [0.2, 0.25) is 0 Å². The normalized spacial score (nSPS) is 15.4. The molecule has 5 heteroatoms. The monoisotopic (exact) mass is 307 g/mol. The van der Waals surface area contributed by atoms with E-state index in [9.17, 15) is 0 Å². The number of pyridine rings is 1. The van der Waals surface area contributed by atoms with Crippen LogP contribution in [0.3, 0.4) is 0 Å². The van der Waals surface area contributed by atoms with Crippen molar-refractivity contribution in [3.63, 3.8) is 0 Å². The molecule has 23 heavy (non-hydrogen) atoms. The fourth-order valence-electron chi connectivity index (χ4n) is 3.08. The quantitative estimate of drug-likeness (QED) is 0.745. The molecule has 1 aliphatic heterocycles. The van der Waals surface area contributed by atoms with Gasteiger partial charge in [-0.15, -0.1) is 0 Å². The third-order valence-electron chi connectivity index (χ3n) is 4.45. The predicted octanol–water partition coefficient (Wildman–Crippen LogP) is 3.16. The SMILES string of the molecule is Cc1cc2nc(C(C)C)cc(N3CC(c4ccccn4)C3)n2n1. The molecule has 1 aliphatic rings. The van der Waals surface area contributed by atoms with Gasteiger partial charge < -0.3 is 4.90 Å². The number of nitrogens with zero attached hydrogens (tertiary/aromatic N) is 5. The lowest BCUT2D eigenvalue weighted by Gasteiger charge is -2.40. The summed E-state index contributed by atoms with van der Waals surface area (Å²) in [4.78, 5) is 11.6.